The number of halogens is 3. The largest absolute Gasteiger partial charge is 0.434 e. The lowest BCUT2D eigenvalue weighted by molar-refractivity contribution is -0.141. The van der Waals surface area contributed by atoms with Crippen molar-refractivity contribution in [2.75, 3.05) is 0 Å². The topological polar surface area (TPSA) is 24.9 Å². The van der Waals surface area contributed by atoms with Crippen molar-refractivity contribution in [1.29, 1.82) is 0 Å². The average Bonchev–Trinajstić information content (AvgIpc) is 2.56. The molecule has 2 nitrogen and oxygen atoms in total. The van der Waals surface area contributed by atoms with Gasteiger partial charge in [0.05, 0.1) is 9.88 Å². The molecule has 0 atom stereocenters. The second-order valence-corrected chi connectivity index (χ2v) is 6.66. The molecule has 18 heavy (non-hydrogen) atoms. The van der Waals surface area contributed by atoms with Crippen molar-refractivity contribution in [3.63, 3.8) is 0 Å². The molecule has 1 rings (SSSR count). The minimum atomic E-state index is -4.38. The highest BCUT2D eigenvalue weighted by atomic mass is 32.1. The molecule has 1 heterocycles. The molecule has 0 fully saturated rings. The summed E-state index contributed by atoms with van der Waals surface area (Å²) in [4.78, 5) is 4.05. The van der Waals surface area contributed by atoms with Crippen molar-refractivity contribution in [2.45, 2.75) is 58.8 Å². The molecule has 104 valence electrons. The van der Waals surface area contributed by atoms with E-state index in [0.29, 0.717) is 5.01 Å². The molecular weight excluding hydrogens is 261 g/mol. The summed E-state index contributed by atoms with van der Waals surface area (Å²) in [6.45, 7) is 9.61. The van der Waals surface area contributed by atoms with Gasteiger partial charge in [-0.1, -0.05) is 34.6 Å². The van der Waals surface area contributed by atoms with Gasteiger partial charge in [-0.05, 0) is 0 Å². The molecule has 0 saturated carbocycles. The Hall–Kier alpha value is -0.620. The Labute approximate surface area is 110 Å². The Balaban J connectivity index is 3.10. The second kappa shape index (κ2) is 5.17. The monoisotopic (exact) mass is 280 g/mol. The Morgan fingerprint density at radius 1 is 1.22 bits per heavy atom. The molecule has 0 aromatic carbocycles. The average molecular weight is 280 g/mol. The number of alkyl halides is 3. The van der Waals surface area contributed by atoms with Crippen molar-refractivity contribution >= 4 is 11.3 Å². The fraction of sp³-hybridized carbons (Fsp3) is 0.750. The first kappa shape index (κ1) is 15.4. The first-order valence-electron chi connectivity index (χ1n) is 5.82. The van der Waals surface area contributed by atoms with E-state index in [1.54, 1.807) is 0 Å². The summed E-state index contributed by atoms with van der Waals surface area (Å²) >= 11 is 1.14. The summed E-state index contributed by atoms with van der Waals surface area (Å²) in [5, 5.41) is 3.53. The smallest absolute Gasteiger partial charge is 0.310 e. The lowest BCUT2D eigenvalue weighted by atomic mass is 9.98. The van der Waals surface area contributed by atoms with Crippen LogP contribution < -0.4 is 5.32 Å². The van der Waals surface area contributed by atoms with E-state index in [2.05, 4.69) is 10.3 Å². The Morgan fingerprint density at radius 2 is 1.78 bits per heavy atom. The number of thiazole rings is 1. The van der Waals surface area contributed by atoms with Crippen LogP contribution in [0.5, 0.6) is 0 Å². The van der Waals surface area contributed by atoms with Gasteiger partial charge in [0.1, 0.15) is 0 Å². The maximum Gasteiger partial charge on any atom is 0.434 e. The summed E-state index contributed by atoms with van der Waals surface area (Å²) in [7, 11) is 0. The lowest BCUT2D eigenvalue weighted by Gasteiger charge is -2.13. The summed E-state index contributed by atoms with van der Waals surface area (Å²) in [5.74, 6) is 0. The SMILES string of the molecule is CC(C)NCc1sc(C(C)(C)C)nc1C(F)(F)F. The van der Waals surface area contributed by atoms with Crippen molar-refractivity contribution in [2.24, 2.45) is 0 Å². The van der Waals surface area contributed by atoms with Crippen molar-refractivity contribution in [3.05, 3.63) is 15.6 Å². The molecule has 0 unspecified atom stereocenters. The molecule has 1 aromatic rings. The Morgan fingerprint density at radius 3 is 2.17 bits per heavy atom. The molecule has 0 saturated heterocycles. The molecule has 0 amide bonds. The minimum Gasteiger partial charge on any atom is -0.310 e. The maximum absolute atomic E-state index is 12.9. The number of nitrogens with one attached hydrogen (secondary N) is 1. The molecular formula is C12H19F3N2S. The molecule has 1 aromatic heterocycles. The van der Waals surface area contributed by atoms with Gasteiger partial charge in [-0.2, -0.15) is 13.2 Å². The predicted molar refractivity (Wildman–Crippen MR) is 67.8 cm³/mol. The number of hydrogen-bond acceptors (Lipinski definition) is 3. The summed E-state index contributed by atoms with van der Waals surface area (Å²) in [6.07, 6.45) is -4.38. The quantitative estimate of drug-likeness (QED) is 0.906. The van der Waals surface area contributed by atoms with Crippen LogP contribution in [0.25, 0.3) is 0 Å². The van der Waals surface area contributed by atoms with Crippen LogP contribution in [0.1, 0.15) is 50.2 Å². The number of hydrogen-bond donors (Lipinski definition) is 1. The Bertz CT molecular complexity index is 402. The highest BCUT2D eigenvalue weighted by Gasteiger charge is 2.38. The fourth-order valence-corrected chi connectivity index (χ4v) is 2.40. The van der Waals surface area contributed by atoms with Crippen molar-refractivity contribution in [1.82, 2.24) is 10.3 Å². The molecule has 1 N–H and O–H groups in total. The zero-order valence-electron chi connectivity index (χ0n) is 11.3. The van der Waals surface area contributed by atoms with Gasteiger partial charge in [0.25, 0.3) is 0 Å². The van der Waals surface area contributed by atoms with Crippen LogP contribution in [0.3, 0.4) is 0 Å². The third kappa shape index (κ3) is 3.95. The van der Waals surface area contributed by atoms with E-state index in [-0.39, 0.29) is 22.9 Å². The van der Waals surface area contributed by atoms with Gasteiger partial charge in [-0.3, -0.25) is 0 Å². The highest BCUT2D eigenvalue weighted by molar-refractivity contribution is 7.11. The zero-order chi connectivity index (χ0) is 14.1. The van der Waals surface area contributed by atoms with E-state index in [0.717, 1.165) is 11.3 Å². The van der Waals surface area contributed by atoms with Crippen LogP contribution >= 0.6 is 11.3 Å². The van der Waals surface area contributed by atoms with Crippen LogP contribution in [0.4, 0.5) is 13.2 Å². The zero-order valence-corrected chi connectivity index (χ0v) is 12.1. The van der Waals surface area contributed by atoms with E-state index < -0.39 is 11.9 Å². The molecule has 0 radical (unpaired) electrons. The third-order valence-electron chi connectivity index (χ3n) is 2.28. The van der Waals surface area contributed by atoms with Crippen LogP contribution in [0, 0.1) is 0 Å². The van der Waals surface area contributed by atoms with Gasteiger partial charge in [0.15, 0.2) is 5.69 Å². The molecule has 0 aliphatic heterocycles. The van der Waals surface area contributed by atoms with E-state index in [9.17, 15) is 13.2 Å². The van der Waals surface area contributed by atoms with Crippen LogP contribution in [0.15, 0.2) is 0 Å². The first-order valence-corrected chi connectivity index (χ1v) is 6.64. The fourth-order valence-electron chi connectivity index (χ4n) is 1.31. The van der Waals surface area contributed by atoms with Gasteiger partial charge in [-0.25, -0.2) is 4.98 Å². The summed E-state index contributed by atoms with van der Waals surface area (Å²) in [5.41, 5.74) is -1.11. The summed E-state index contributed by atoms with van der Waals surface area (Å²) < 4.78 is 38.7. The van der Waals surface area contributed by atoms with Gasteiger partial charge in [0, 0.05) is 18.0 Å². The van der Waals surface area contributed by atoms with Gasteiger partial charge in [0.2, 0.25) is 0 Å². The molecule has 0 aliphatic rings. The summed E-state index contributed by atoms with van der Waals surface area (Å²) in [6, 6.07) is 0.145. The van der Waals surface area contributed by atoms with Gasteiger partial charge in [-0.15, -0.1) is 11.3 Å². The normalized spacial score (nSPS) is 13.4. The first-order chi connectivity index (χ1) is 8.01. The number of rotatable bonds is 3. The van der Waals surface area contributed by atoms with Crippen LogP contribution in [-0.4, -0.2) is 11.0 Å². The molecule has 6 heteroatoms. The van der Waals surface area contributed by atoms with Gasteiger partial charge >= 0.3 is 6.18 Å². The maximum atomic E-state index is 12.9. The molecule has 0 aliphatic carbocycles. The lowest BCUT2D eigenvalue weighted by Crippen LogP contribution is -2.23. The van der Waals surface area contributed by atoms with Crippen molar-refractivity contribution < 1.29 is 13.2 Å². The second-order valence-electron chi connectivity index (χ2n) is 5.57. The minimum absolute atomic E-state index is 0.145. The molecule has 0 bridgehead atoms. The van der Waals surface area contributed by atoms with Crippen molar-refractivity contribution in [3.8, 4) is 0 Å². The third-order valence-corrected chi connectivity index (χ3v) is 3.76. The number of aromatic nitrogens is 1. The van der Waals surface area contributed by atoms with E-state index >= 15 is 0 Å². The highest BCUT2D eigenvalue weighted by Crippen LogP contribution is 2.37. The van der Waals surface area contributed by atoms with E-state index in [4.69, 9.17) is 0 Å². The predicted octanol–water partition coefficient (Wildman–Crippen LogP) is 3.96. The Kier molecular flexibility index (Phi) is 4.43. The standard InChI is InChI=1S/C12H19F3N2S/c1-7(2)16-6-8-9(12(13,14)15)17-10(18-8)11(3,4)5/h7,16H,6H2,1-5H3. The van der Waals surface area contributed by atoms with Crippen LogP contribution in [-0.2, 0) is 18.1 Å². The van der Waals surface area contributed by atoms with E-state index in [1.165, 1.54) is 0 Å². The van der Waals surface area contributed by atoms with E-state index in [1.807, 2.05) is 34.6 Å². The molecule has 0 spiro atoms. The number of nitrogens with zero attached hydrogens (tertiary/aromatic N) is 1. The van der Waals surface area contributed by atoms with Crippen LogP contribution in [0.2, 0.25) is 0 Å². The van der Waals surface area contributed by atoms with Gasteiger partial charge < -0.3 is 5.32 Å².